The molecule has 0 N–H and O–H groups in total. The van der Waals surface area contributed by atoms with Gasteiger partial charge in [0.1, 0.15) is 4.83 Å². The molecule has 4 rings (SSSR count). The van der Waals surface area contributed by atoms with Gasteiger partial charge in [0, 0.05) is 24.0 Å². The van der Waals surface area contributed by atoms with Gasteiger partial charge in [-0.2, -0.15) is 0 Å². The number of nitrogens with zero attached hydrogens (tertiary/aromatic N) is 3. The molecule has 3 heterocycles. The average molecular weight is 432 g/mol. The smallest absolute Gasteiger partial charge is 0.263 e. The highest BCUT2D eigenvalue weighted by molar-refractivity contribution is 7.99. The maximum Gasteiger partial charge on any atom is 0.263 e. The number of aryl methyl sites for hydroxylation is 2. The molecule has 0 spiro atoms. The molecule has 2 aliphatic rings. The first kappa shape index (κ1) is 20.7. The second-order valence-corrected chi connectivity index (χ2v) is 10.3. The van der Waals surface area contributed by atoms with Crippen LogP contribution < -0.4 is 5.56 Å². The van der Waals surface area contributed by atoms with Gasteiger partial charge in [-0.1, -0.05) is 24.8 Å². The summed E-state index contributed by atoms with van der Waals surface area (Å²) < 4.78 is 1.69. The van der Waals surface area contributed by atoms with Gasteiger partial charge in [0.2, 0.25) is 5.91 Å². The van der Waals surface area contributed by atoms with E-state index < -0.39 is 0 Å². The number of carbonyl (C=O) groups is 1. The fraction of sp³-hybridized carbons (Fsp3) is 0.591. The van der Waals surface area contributed by atoms with Gasteiger partial charge < -0.3 is 4.90 Å². The summed E-state index contributed by atoms with van der Waals surface area (Å²) in [5.74, 6) is 0.986. The summed E-state index contributed by atoms with van der Waals surface area (Å²) in [6.45, 7) is 9.41. The summed E-state index contributed by atoms with van der Waals surface area (Å²) in [4.78, 5) is 35.1. The molecule has 1 amide bonds. The van der Waals surface area contributed by atoms with Gasteiger partial charge in [0.15, 0.2) is 5.16 Å². The first-order valence-corrected chi connectivity index (χ1v) is 12.4. The molecule has 5 nitrogen and oxygen atoms in total. The van der Waals surface area contributed by atoms with Crippen LogP contribution in [-0.4, -0.2) is 38.7 Å². The molecule has 0 bridgehead atoms. The average Bonchev–Trinajstić information content (AvgIpc) is 3.09. The molecule has 156 valence electrons. The minimum Gasteiger partial charge on any atom is -0.339 e. The molecule has 1 aliphatic carbocycles. The maximum atomic E-state index is 13.3. The van der Waals surface area contributed by atoms with E-state index >= 15 is 0 Å². The van der Waals surface area contributed by atoms with E-state index in [-0.39, 0.29) is 17.5 Å². The Morgan fingerprint density at radius 3 is 2.90 bits per heavy atom. The number of thioether (sulfide) groups is 1. The number of allylic oxidation sites excluding steroid dienone is 1. The van der Waals surface area contributed by atoms with E-state index in [1.165, 1.54) is 35.0 Å². The zero-order valence-electron chi connectivity index (χ0n) is 17.3. The van der Waals surface area contributed by atoms with Gasteiger partial charge in [-0.25, -0.2) is 4.98 Å². The van der Waals surface area contributed by atoms with E-state index in [0.717, 1.165) is 42.4 Å². The fourth-order valence-corrected chi connectivity index (χ4v) is 6.71. The molecule has 0 radical (unpaired) electrons. The van der Waals surface area contributed by atoms with E-state index in [2.05, 4.69) is 20.4 Å². The van der Waals surface area contributed by atoms with Crippen LogP contribution in [0.5, 0.6) is 0 Å². The number of fused-ring (bicyclic) bond motifs is 3. The Labute approximate surface area is 180 Å². The van der Waals surface area contributed by atoms with E-state index in [9.17, 15) is 9.59 Å². The third-order valence-electron chi connectivity index (χ3n) is 6.37. The standard InChI is InChI=1S/C22H29N3O2S2/c1-4-11-25-21(27)19-16-9-5-6-10-17(16)29-20(19)23-22(25)28-13-18(26)24-12-7-8-14(2)15(24)3/h4,14-15H,1,5-13H2,2-3H3/t14?,15-/m1/s1. The Kier molecular flexibility index (Phi) is 6.16. The molecular formula is C22H29N3O2S2. The predicted molar refractivity (Wildman–Crippen MR) is 121 cm³/mol. The van der Waals surface area contributed by atoms with Crippen molar-refractivity contribution in [1.82, 2.24) is 14.5 Å². The largest absolute Gasteiger partial charge is 0.339 e. The molecular weight excluding hydrogens is 402 g/mol. The first-order chi connectivity index (χ1) is 14.0. The van der Waals surface area contributed by atoms with Crippen LogP contribution in [0.1, 0.15) is 50.0 Å². The highest BCUT2D eigenvalue weighted by atomic mass is 32.2. The quantitative estimate of drug-likeness (QED) is 0.403. The third kappa shape index (κ3) is 3.91. The van der Waals surface area contributed by atoms with Crippen LogP contribution in [0.15, 0.2) is 22.6 Å². The summed E-state index contributed by atoms with van der Waals surface area (Å²) in [5, 5.41) is 1.42. The number of hydrogen-bond donors (Lipinski definition) is 0. The van der Waals surface area contributed by atoms with Crippen LogP contribution >= 0.6 is 23.1 Å². The van der Waals surface area contributed by atoms with Crippen LogP contribution in [0.25, 0.3) is 10.2 Å². The molecule has 29 heavy (non-hydrogen) atoms. The number of piperidine rings is 1. The molecule has 2 atom stereocenters. The number of thiophene rings is 1. The SMILES string of the molecule is C=CCn1c(SCC(=O)N2CCCC(C)[C@H]2C)nc2sc3c(c2c1=O)CCCC3. The Morgan fingerprint density at radius 2 is 2.10 bits per heavy atom. The van der Waals surface area contributed by atoms with E-state index in [4.69, 9.17) is 4.98 Å². The van der Waals surface area contributed by atoms with Crippen LogP contribution in [0, 0.1) is 5.92 Å². The van der Waals surface area contributed by atoms with E-state index in [1.54, 1.807) is 22.0 Å². The van der Waals surface area contributed by atoms with E-state index in [0.29, 0.717) is 23.4 Å². The second kappa shape index (κ2) is 8.64. The molecule has 1 saturated heterocycles. The van der Waals surface area contributed by atoms with Crippen molar-refractivity contribution in [2.24, 2.45) is 5.92 Å². The number of rotatable bonds is 5. The van der Waals surface area contributed by atoms with Crippen molar-refractivity contribution in [3.8, 4) is 0 Å². The molecule has 2 aromatic heterocycles. The summed E-state index contributed by atoms with van der Waals surface area (Å²) >= 11 is 3.05. The number of aromatic nitrogens is 2. The summed E-state index contributed by atoms with van der Waals surface area (Å²) in [5.41, 5.74) is 1.22. The van der Waals surface area contributed by atoms with Gasteiger partial charge in [-0.15, -0.1) is 17.9 Å². The Morgan fingerprint density at radius 1 is 1.31 bits per heavy atom. The van der Waals surface area contributed by atoms with Crippen molar-refractivity contribution in [3.05, 3.63) is 33.4 Å². The monoisotopic (exact) mass is 431 g/mol. The zero-order chi connectivity index (χ0) is 20.5. The topological polar surface area (TPSA) is 55.2 Å². The lowest BCUT2D eigenvalue weighted by Crippen LogP contribution is -2.46. The molecule has 0 saturated carbocycles. The fourth-order valence-electron chi connectivity index (χ4n) is 4.52. The minimum absolute atomic E-state index is 0.0178. The molecule has 1 fully saturated rings. The van der Waals surface area contributed by atoms with E-state index in [1.807, 2.05) is 4.90 Å². The van der Waals surface area contributed by atoms with Crippen LogP contribution in [0.4, 0.5) is 0 Å². The number of carbonyl (C=O) groups excluding carboxylic acids is 1. The highest BCUT2D eigenvalue weighted by Gasteiger charge is 2.29. The van der Waals surface area contributed by atoms with Crippen molar-refractivity contribution in [1.29, 1.82) is 0 Å². The highest BCUT2D eigenvalue weighted by Crippen LogP contribution is 2.35. The van der Waals surface area contributed by atoms with Crippen molar-refractivity contribution < 1.29 is 4.79 Å². The Bertz CT molecular complexity index is 994. The van der Waals surface area contributed by atoms with Crippen molar-refractivity contribution >= 4 is 39.2 Å². The van der Waals surface area contributed by atoms with Crippen LogP contribution in [0.3, 0.4) is 0 Å². The molecule has 7 heteroatoms. The van der Waals surface area contributed by atoms with Crippen LogP contribution in [-0.2, 0) is 24.2 Å². The normalized spacial score (nSPS) is 21.9. The lowest BCUT2D eigenvalue weighted by Gasteiger charge is -2.37. The van der Waals surface area contributed by atoms with Crippen molar-refractivity contribution in [3.63, 3.8) is 0 Å². The minimum atomic E-state index is 0.0178. The summed E-state index contributed by atoms with van der Waals surface area (Å²) in [7, 11) is 0. The van der Waals surface area contributed by atoms with Gasteiger partial charge >= 0.3 is 0 Å². The Balaban J connectivity index is 1.62. The van der Waals surface area contributed by atoms with Gasteiger partial charge in [0.25, 0.3) is 5.56 Å². The lowest BCUT2D eigenvalue weighted by molar-refractivity contribution is -0.132. The number of hydrogen-bond acceptors (Lipinski definition) is 5. The van der Waals surface area contributed by atoms with Gasteiger partial charge in [-0.3, -0.25) is 14.2 Å². The molecule has 1 unspecified atom stereocenters. The summed E-state index contributed by atoms with van der Waals surface area (Å²) in [6.07, 6.45) is 8.31. The second-order valence-electron chi connectivity index (χ2n) is 8.23. The molecule has 0 aromatic carbocycles. The number of amides is 1. The van der Waals surface area contributed by atoms with Gasteiger partial charge in [-0.05, 0) is 56.9 Å². The lowest BCUT2D eigenvalue weighted by atomic mass is 9.92. The van der Waals surface area contributed by atoms with Gasteiger partial charge in [0.05, 0.1) is 11.1 Å². The predicted octanol–water partition coefficient (Wildman–Crippen LogP) is 4.26. The number of likely N-dealkylation sites (tertiary alicyclic amines) is 1. The van der Waals surface area contributed by atoms with Crippen LogP contribution in [0.2, 0.25) is 0 Å². The molecule has 2 aromatic rings. The van der Waals surface area contributed by atoms with Crippen molar-refractivity contribution in [2.45, 2.75) is 70.1 Å². The summed E-state index contributed by atoms with van der Waals surface area (Å²) in [6, 6.07) is 0.270. The first-order valence-electron chi connectivity index (χ1n) is 10.6. The maximum absolute atomic E-state index is 13.3. The zero-order valence-corrected chi connectivity index (χ0v) is 18.9. The van der Waals surface area contributed by atoms with Crippen molar-refractivity contribution in [2.75, 3.05) is 12.3 Å². The third-order valence-corrected chi connectivity index (χ3v) is 8.52. The Hall–Kier alpha value is -1.60. The molecule has 1 aliphatic heterocycles.